The summed E-state index contributed by atoms with van der Waals surface area (Å²) >= 11 is -2.36. The van der Waals surface area contributed by atoms with Gasteiger partial charge < -0.3 is 0 Å². The third-order valence-electron chi connectivity index (χ3n) is 3.12. The molecule has 0 atom stereocenters. The first kappa shape index (κ1) is 10.5. The van der Waals surface area contributed by atoms with Gasteiger partial charge in [-0.05, 0) is 0 Å². The van der Waals surface area contributed by atoms with Gasteiger partial charge in [-0.1, -0.05) is 0 Å². The number of hydrogen-bond acceptors (Lipinski definition) is 2. The summed E-state index contributed by atoms with van der Waals surface area (Å²) in [6, 6.07) is 6.17. The van der Waals surface area contributed by atoms with Crippen LogP contribution < -0.4 is 0 Å². The summed E-state index contributed by atoms with van der Waals surface area (Å²) < 4.78 is 19.2. The number of halogens is 1. The Hall–Kier alpha value is -0.620. The number of benzene rings is 1. The number of rotatable bonds is 0. The Balaban J connectivity index is 2.15. The second kappa shape index (κ2) is 4.00. The third kappa shape index (κ3) is 1.55. The van der Waals surface area contributed by atoms with Crippen LogP contribution in [0.5, 0.6) is 0 Å². The number of aryl methyl sites for hydroxylation is 1. The molecule has 16 heavy (non-hydrogen) atoms. The van der Waals surface area contributed by atoms with Gasteiger partial charge in [-0.15, -0.1) is 0 Å². The van der Waals surface area contributed by atoms with Gasteiger partial charge in [0.15, 0.2) is 0 Å². The van der Waals surface area contributed by atoms with Crippen molar-refractivity contribution in [2.75, 3.05) is 13.1 Å². The van der Waals surface area contributed by atoms with E-state index in [9.17, 15) is 3.44 Å². The minimum absolute atomic E-state index is 0.934. The molecule has 0 aliphatic carbocycles. The molecule has 3 nitrogen and oxygen atoms in total. The number of hydrogen-bond donors (Lipinski definition) is 1. The van der Waals surface area contributed by atoms with E-state index < -0.39 is 20.6 Å². The third-order valence-corrected chi connectivity index (χ3v) is 6.31. The molecule has 1 aromatic carbocycles. The van der Waals surface area contributed by atoms with Crippen LogP contribution in [0.1, 0.15) is 24.0 Å². The summed E-state index contributed by atoms with van der Waals surface area (Å²) in [6.07, 6.45) is 2.46. The second-order valence-corrected chi connectivity index (χ2v) is 7.08. The van der Waals surface area contributed by atoms with Crippen LogP contribution in [0.15, 0.2) is 18.2 Å². The first-order valence-electron chi connectivity index (χ1n) is 5.57. The molecule has 0 spiro atoms. The predicted molar refractivity (Wildman–Crippen MR) is 70.5 cm³/mol. The molecule has 1 N–H and O–H groups in total. The van der Waals surface area contributed by atoms with Gasteiger partial charge in [0.05, 0.1) is 0 Å². The standard InChI is InChI=1S/C12H15INO2/c1-9-5-4-6-10-11(9)13(15)16-12(10)14-7-2-3-8-14/h4-6,15H,2-3,7-8H2,1H3/q+1. The van der Waals surface area contributed by atoms with Gasteiger partial charge >= 0.3 is 103 Å². The molecule has 0 amide bonds. The van der Waals surface area contributed by atoms with E-state index in [1.54, 1.807) is 0 Å². The molecule has 4 heteroatoms. The Morgan fingerprint density at radius 3 is 2.81 bits per heavy atom. The van der Waals surface area contributed by atoms with Crippen molar-refractivity contribution in [1.29, 1.82) is 0 Å². The van der Waals surface area contributed by atoms with Gasteiger partial charge in [0, 0.05) is 0 Å². The normalized spacial score (nSPS) is 21.2. The van der Waals surface area contributed by atoms with E-state index in [0.29, 0.717) is 0 Å². The molecule has 3 rings (SSSR count). The van der Waals surface area contributed by atoms with Crippen molar-refractivity contribution in [3.63, 3.8) is 0 Å². The van der Waals surface area contributed by atoms with E-state index >= 15 is 0 Å². The van der Waals surface area contributed by atoms with E-state index in [-0.39, 0.29) is 0 Å². The van der Waals surface area contributed by atoms with Crippen molar-refractivity contribution in [3.8, 4) is 0 Å². The zero-order chi connectivity index (χ0) is 11.1. The molecule has 0 radical (unpaired) electrons. The average Bonchev–Trinajstić information content (AvgIpc) is 2.86. The molecular formula is C12H15INO2+. The first-order chi connectivity index (χ1) is 7.77. The first-order valence-corrected chi connectivity index (χ1v) is 8.49. The number of fused-ring (bicyclic) bond motifs is 1. The molecule has 0 bridgehead atoms. The van der Waals surface area contributed by atoms with Crippen molar-refractivity contribution >= 4 is 26.5 Å². The molecule has 1 saturated heterocycles. The molecule has 0 unspecified atom stereocenters. The molecule has 2 aliphatic heterocycles. The summed E-state index contributed by atoms with van der Waals surface area (Å²) in [5, 5.41) is 0. The molecule has 1 aromatic rings. The monoisotopic (exact) mass is 332 g/mol. The Bertz CT molecular complexity index is 462. The molecule has 0 aromatic heterocycles. The zero-order valence-electron chi connectivity index (χ0n) is 9.24. The second-order valence-electron chi connectivity index (χ2n) is 4.24. The van der Waals surface area contributed by atoms with Crippen molar-refractivity contribution in [2.24, 2.45) is 0 Å². The Kier molecular flexibility index (Phi) is 2.63. The van der Waals surface area contributed by atoms with E-state index in [1.807, 2.05) is 6.07 Å². The fraction of sp³-hybridized carbons (Fsp3) is 0.417. The minimum atomic E-state index is -2.36. The zero-order valence-corrected chi connectivity index (χ0v) is 11.4. The Morgan fingerprint density at radius 1 is 1.31 bits per heavy atom. The van der Waals surface area contributed by atoms with Gasteiger partial charge in [0.25, 0.3) is 0 Å². The van der Waals surface area contributed by atoms with Crippen molar-refractivity contribution in [1.82, 2.24) is 0 Å². The maximum absolute atomic E-state index is 10.1. The molecule has 86 valence electrons. The Labute approximate surface area is 103 Å². The van der Waals surface area contributed by atoms with Gasteiger partial charge in [0.1, 0.15) is 0 Å². The molecule has 1 fully saturated rings. The van der Waals surface area contributed by atoms with Gasteiger partial charge in [-0.2, -0.15) is 0 Å². The molecular weight excluding hydrogens is 317 g/mol. The van der Waals surface area contributed by atoms with Crippen LogP contribution in [-0.4, -0.2) is 27.0 Å². The van der Waals surface area contributed by atoms with Crippen LogP contribution in [-0.2, 0) is 3.07 Å². The van der Waals surface area contributed by atoms with E-state index in [2.05, 4.69) is 23.6 Å². The van der Waals surface area contributed by atoms with Crippen molar-refractivity contribution < 1.29 is 11.1 Å². The van der Waals surface area contributed by atoms with Crippen LogP contribution in [0.2, 0.25) is 0 Å². The predicted octanol–water partition coefficient (Wildman–Crippen LogP) is 2.08. The van der Waals surface area contributed by atoms with Crippen LogP contribution in [0, 0.1) is 10.5 Å². The van der Waals surface area contributed by atoms with Crippen molar-refractivity contribution in [2.45, 2.75) is 19.8 Å². The van der Waals surface area contributed by atoms with Crippen LogP contribution in [0.4, 0.5) is 0 Å². The maximum atomic E-state index is 10.1. The summed E-state index contributed by atoms with van der Waals surface area (Å²) in [7, 11) is 0. The van der Waals surface area contributed by atoms with Crippen LogP contribution >= 0.6 is 20.6 Å². The van der Waals surface area contributed by atoms with Crippen molar-refractivity contribution in [3.05, 3.63) is 32.9 Å². The van der Waals surface area contributed by atoms with Crippen LogP contribution in [0.25, 0.3) is 0 Å². The van der Waals surface area contributed by atoms with E-state index in [4.69, 9.17) is 3.07 Å². The quantitative estimate of drug-likeness (QED) is 0.583. The fourth-order valence-electron chi connectivity index (χ4n) is 2.32. The van der Waals surface area contributed by atoms with E-state index in [0.717, 1.165) is 28.1 Å². The van der Waals surface area contributed by atoms with Crippen LogP contribution in [0.3, 0.4) is 0 Å². The number of nitrogens with zero attached hydrogens (tertiary/aromatic N) is 1. The van der Waals surface area contributed by atoms with Gasteiger partial charge in [0.2, 0.25) is 0 Å². The van der Waals surface area contributed by atoms with Gasteiger partial charge in [-0.25, -0.2) is 0 Å². The topological polar surface area (TPSA) is 32.5 Å². The molecule has 0 saturated carbocycles. The summed E-state index contributed by atoms with van der Waals surface area (Å²) in [5.41, 5.74) is 2.30. The SMILES string of the molecule is Cc1cccc2c1I(O)OC2=[N+]1CCCC1. The summed E-state index contributed by atoms with van der Waals surface area (Å²) in [4.78, 5) is 0. The summed E-state index contributed by atoms with van der Waals surface area (Å²) in [5.74, 6) is 0.934. The fourth-order valence-corrected chi connectivity index (χ4v) is 5.26. The molecule has 2 aliphatic rings. The Morgan fingerprint density at radius 2 is 2.06 bits per heavy atom. The van der Waals surface area contributed by atoms with E-state index in [1.165, 1.54) is 18.4 Å². The summed E-state index contributed by atoms with van der Waals surface area (Å²) in [6.45, 7) is 4.18. The van der Waals surface area contributed by atoms with Gasteiger partial charge in [-0.3, -0.25) is 0 Å². The average molecular weight is 332 g/mol. The molecule has 2 heterocycles.